The van der Waals surface area contributed by atoms with Crippen molar-refractivity contribution in [3.05, 3.63) is 110 Å². The number of carbonyl (C=O) groups is 2. The summed E-state index contributed by atoms with van der Waals surface area (Å²) in [7, 11) is 0. The molecule has 2 aliphatic rings. The third-order valence-electron chi connectivity index (χ3n) is 6.44. The Labute approximate surface area is 268 Å². The molecule has 42 heavy (non-hydrogen) atoms. The van der Waals surface area contributed by atoms with E-state index in [4.69, 9.17) is 23.1 Å². The number of nitrogens with zero attached hydrogens (tertiary/aromatic N) is 3. The van der Waals surface area contributed by atoms with E-state index in [0.29, 0.717) is 16.4 Å². The highest BCUT2D eigenvalue weighted by molar-refractivity contribution is 9.10. The van der Waals surface area contributed by atoms with Crippen LogP contribution >= 0.6 is 43.5 Å². The molecule has 2 aliphatic heterocycles. The number of halogens is 3. The molecule has 0 amide bonds. The molecular weight excluding hydrogens is 684 g/mol. The van der Waals surface area contributed by atoms with Crippen molar-refractivity contribution >= 4 is 72.1 Å². The first-order valence-electron chi connectivity index (χ1n) is 12.9. The fourth-order valence-electron chi connectivity index (χ4n) is 4.39. The lowest BCUT2D eigenvalue weighted by atomic mass is 10.2. The lowest BCUT2D eigenvalue weighted by Gasteiger charge is -2.20. The number of carbonyl (C=O) groups excluding carboxylic acids is 2. The Morgan fingerprint density at radius 2 is 1.45 bits per heavy atom. The molecular formula is C31H33Br2ClN6O2. The van der Waals surface area contributed by atoms with Crippen molar-refractivity contribution in [2.45, 2.75) is 20.3 Å². The van der Waals surface area contributed by atoms with Gasteiger partial charge in [0.2, 0.25) is 0 Å². The highest BCUT2D eigenvalue weighted by atomic mass is 79.9. The molecule has 0 spiro atoms. The van der Waals surface area contributed by atoms with Gasteiger partial charge in [-0.1, -0.05) is 63.0 Å². The second kappa shape index (κ2) is 15.9. The number of fused-ring (bicyclic) bond motifs is 2. The third kappa shape index (κ3) is 8.68. The average Bonchev–Trinajstić information content (AvgIpc) is 3.63. The van der Waals surface area contributed by atoms with Crippen LogP contribution in [0.2, 0.25) is 5.02 Å². The Bertz CT molecular complexity index is 1550. The van der Waals surface area contributed by atoms with E-state index >= 15 is 0 Å². The molecule has 0 atom stereocenters. The first-order valence-corrected chi connectivity index (χ1v) is 14.9. The smallest absolute Gasteiger partial charge is 0.194 e. The zero-order valence-electron chi connectivity index (χ0n) is 22.1. The number of anilines is 3. The molecule has 2 aromatic heterocycles. The lowest BCUT2D eigenvalue weighted by Crippen LogP contribution is -2.17. The Morgan fingerprint density at radius 1 is 0.833 bits per heavy atom. The summed E-state index contributed by atoms with van der Waals surface area (Å²) in [6.45, 7) is 1.95. The van der Waals surface area contributed by atoms with Crippen molar-refractivity contribution in [3.63, 3.8) is 0 Å². The topological polar surface area (TPSA) is 127 Å². The summed E-state index contributed by atoms with van der Waals surface area (Å²) in [6.07, 6.45) is 5.31. The van der Waals surface area contributed by atoms with E-state index in [-0.39, 0.29) is 32.1 Å². The number of nitrogens with one attached hydrogen (secondary N) is 1. The van der Waals surface area contributed by atoms with Gasteiger partial charge >= 0.3 is 0 Å². The van der Waals surface area contributed by atoms with Crippen LogP contribution in [-0.4, -0.2) is 47.7 Å². The Hall–Kier alpha value is -3.15. The largest absolute Gasteiger partial charge is 0.384 e. The van der Waals surface area contributed by atoms with E-state index in [9.17, 15) is 9.59 Å². The maximum Gasteiger partial charge on any atom is 0.194 e. The first-order chi connectivity index (χ1) is 19.8. The minimum Gasteiger partial charge on any atom is -0.384 e. The third-order valence-corrected chi connectivity index (χ3v) is 7.67. The highest BCUT2D eigenvalue weighted by Crippen LogP contribution is 2.36. The van der Waals surface area contributed by atoms with Gasteiger partial charge in [0.1, 0.15) is 11.4 Å². The molecule has 11 heteroatoms. The van der Waals surface area contributed by atoms with E-state index in [1.165, 1.54) is 41.2 Å². The summed E-state index contributed by atoms with van der Waals surface area (Å²) in [5.74, 6) is -0.340. The van der Waals surface area contributed by atoms with Crippen LogP contribution in [0.3, 0.4) is 0 Å². The van der Waals surface area contributed by atoms with E-state index in [1.807, 2.05) is 12.1 Å². The molecule has 220 valence electrons. The van der Waals surface area contributed by atoms with E-state index in [1.54, 1.807) is 12.3 Å². The highest BCUT2D eigenvalue weighted by Gasteiger charge is 2.21. The molecule has 0 radical (unpaired) electrons. The average molecular weight is 717 g/mol. The zero-order chi connectivity index (χ0) is 29.4. The number of ketones is 2. The number of benzene rings is 2. The number of pyridine rings is 2. The van der Waals surface area contributed by atoms with Crippen molar-refractivity contribution in [2.24, 2.45) is 11.5 Å². The van der Waals surface area contributed by atoms with Crippen LogP contribution in [-0.2, 0) is 12.8 Å². The fourth-order valence-corrected chi connectivity index (χ4v) is 5.26. The number of rotatable bonds is 5. The minimum atomic E-state index is -0.201. The van der Waals surface area contributed by atoms with Crippen molar-refractivity contribution < 1.29 is 9.59 Å². The monoisotopic (exact) mass is 714 g/mol. The maximum atomic E-state index is 11.7. The Kier molecular flexibility index (Phi) is 12.6. The molecule has 0 saturated carbocycles. The number of nitrogens with two attached hydrogens (primary N) is 2. The number of aromatic nitrogens is 2. The molecule has 0 fully saturated rings. The van der Waals surface area contributed by atoms with Gasteiger partial charge in [-0.15, -0.1) is 0 Å². The molecule has 0 unspecified atom stereocenters. The van der Waals surface area contributed by atoms with Crippen LogP contribution in [0, 0.1) is 0 Å². The van der Waals surface area contributed by atoms with Gasteiger partial charge in [-0.25, -0.2) is 0 Å². The van der Waals surface area contributed by atoms with Gasteiger partial charge in [0.15, 0.2) is 11.6 Å². The molecule has 2 aromatic carbocycles. The van der Waals surface area contributed by atoms with Crippen molar-refractivity contribution in [3.8, 4) is 0 Å². The number of hydrogen-bond acceptors (Lipinski definition) is 8. The lowest BCUT2D eigenvalue weighted by molar-refractivity contribution is 0.0989. The Morgan fingerprint density at radius 3 is 2.12 bits per heavy atom. The van der Waals surface area contributed by atoms with Gasteiger partial charge in [0, 0.05) is 56.5 Å². The molecule has 0 saturated heterocycles. The maximum absolute atomic E-state index is 11.7. The quantitative estimate of drug-likeness (QED) is 0.197. The molecule has 5 N–H and O–H groups in total. The summed E-state index contributed by atoms with van der Waals surface area (Å²) in [5.41, 5.74) is 17.5. The van der Waals surface area contributed by atoms with Crippen LogP contribution in [0.25, 0.3) is 0 Å². The summed E-state index contributed by atoms with van der Waals surface area (Å²) < 4.78 is 2.20. The fraction of sp³-hybridized carbons (Fsp3) is 0.226. The molecule has 0 aliphatic carbocycles. The summed E-state index contributed by atoms with van der Waals surface area (Å²) >= 11 is 12.5. The minimum absolute atomic E-state index is 0. The van der Waals surface area contributed by atoms with Crippen molar-refractivity contribution in [1.82, 2.24) is 9.97 Å². The van der Waals surface area contributed by atoms with Crippen LogP contribution < -0.4 is 21.7 Å². The molecule has 0 bridgehead atoms. The summed E-state index contributed by atoms with van der Waals surface area (Å²) in [4.78, 5) is 32.7. The van der Waals surface area contributed by atoms with Crippen molar-refractivity contribution in [2.75, 3.05) is 36.4 Å². The first kappa shape index (κ1) is 33.4. The predicted molar refractivity (Wildman–Crippen MR) is 178 cm³/mol. The van der Waals surface area contributed by atoms with Crippen LogP contribution in [0.15, 0.2) is 82.0 Å². The normalized spacial score (nSPS) is 12.4. The van der Waals surface area contributed by atoms with Gasteiger partial charge in [-0.05, 0) is 72.5 Å². The second-order valence-corrected chi connectivity index (χ2v) is 11.4. The molecule has 4 heterocycles. The second-order valence-electron chi connectivity index (χ2n) is 9.17. The standard InChI is InChI=1S/C15H14BrN3O.C8H8BrN.C7H7ClN2O.CH4/c16-11-2-1-10-4-6-19(14(10)7-11)12-3-5-18-13(8-12)15(20)9-17;9-7-2-1-6-3-4-10-8(6)5-7;8-5-1-2-10-6(3-5)7(11)4-9;/h1-3,5,7-8H,4,6,9,17H2;1-2,5,10H,3-4H2;1-3H,4,9H2;1H4. The van der Waals surface area contributed by atoms with E-state index < -0.39 is 0 Å². The molecule has 4 aromatic rings. The zero-order valence-corrected chi connectivity index (χ0v) is 26.0. The predicted octanol–water partition coefficient (Wildman–Crippen LogP) is 6.61. The SMILES string of the molecule is Brc1ccc2c(c1)NCC2.C.NCC(=O)c1cc(Cl)ccn1.NCC(=O)c1cc(N2CCc3ccc(Br)cc32)ccn1. The van der Waals surface area contributed by atoms with Crippen LogP contribution in [0.5, 0.6) is 0 Å². The summed E-state index contributed by atoms with van der Waals surface area (Å²) in [6, 6.07) is 19.5. The van der Waals surface area contributed by atoms with Crippen LogP contribution in [0.4, 0.5) is 17.1 Å². The number of hydrogen-bond donors (Lipinski definition) is 3. The van der Waals surface area contributed by atoms with Gasteiger partial charge < -0.3 is 21.7 Å². The van der Waals surface area contributed by atoms with E-state index in [0.717, 1.165) is 34.1 Å². The van der Waals surface area contributed by atoms with Gasteiger partial charge in [-0.2, -0.15) is 0 Å². The number of Topliss-reactive ketones (excluding diaryl/α,β-unsaturated/α-hetero) is 2. The van der Waals surface area contributed by atoms with Gasteiger partial charge in [0.25, 0.3) is 0 Å². The Balaban J connectivity index is 0.000000187. The van der Waals surface area contributed by atoms with E-state index in [2.05, 4.69) is 88.4 Å². The molecule has 8 nitrogen and oxygen atoms in total. The molecule has 6 rings (SSSR count). The summed E-state index contributed by atoms with van der Waals surface area (Å²) in [5, 5.41) is 3.81. The van der Waals surface area contributed by atoms with Crippen LogP contribution in [0.1, 0.15) is 39.5 Å². The van der Waals surface area contributed by atoms with Crippen molar-refractivity contribution in [1.29, 1.82) is 0 Å². The van der Waals surface area contributed by atoms with Gasteiger partial charge in [0.05, 0.1) is 13.1 Å². The van der Waals surface area contributed by atoms with Gasteiger partial charge in [-0.3, -0.25) is 19.6 Å².